The van der Waals surface area contributed by atoms with E-state index in [0.717, 1.165) is 5.56 Å². The van der Waals surface area contributed by atoms with Crippen molar-refractivity contribution in [2.75, 3.05) is 19.0 Å². The third-order valence-corrected chi connectivity index (χ3v) is 4.29. The third kappa shape index (κ3) is 4.57. The molecule has 2 N–H and O–H groups in total. The second kappa shape index (κ2) is 8.39. The molecule has 7 nitrogen and oxygen atoms in total. The molecule has 0 spiro atoms. The maximum atomic E-state index is 13.7. The summed E-state index contributed by atoms with van der Waals surface area (Å²) < 4.78 is 23.9. The zero-order chi connectivity index (χ0) is 20.1. The summed E-state index contributed by atoms with van der Waals surface area (Å²) in [5.74, 6) is -0.402. The number of rotatable bonds is 6. The molecule has 1 heterocycles. The van der Waals surface area contributed by atoms with E-state index in [0.29, 0.717) is 30.0 Å². The van der Waals surface area contributed by atoms with E-state index in [1.807, 2.05) is 0 Å². The number of carbonyl (C=O) groups excluding carboxylic acids is 2. The number of halogens is 1. The molecule has 1 fully saturated rings. The van der Waals surface area contributed by atoms with Crippen molar-refractivity contribution in [3.63, 3.8) is 0 Å². The van der Waals surface area contributed by atoms with Gasteiger partial charge in [-0.2, -0.15) is 5.26 Å². The highest BCUT2D eigenvalue weighted by molar-refractivity contribution is 5.92. The summed E-state index contributed by atoms with van der Waals surface area (Å²) in [6, 6.07) is 10.9. The number of methoxy groups -OCH3 is 1. The lowest BCUT2D eigenvalue weighted by Crippen LogP contribution is -2.28. The number of nitrogens with one attached hydrogen (secondary N) is 2. The summed E-state index contributed by atoms with van der Waals surface area (Å²) >= 11 is 0. The first-order valence-corrected chi connectivity index (χ1v) is 8.57. The highest BCUT2D eigenvalue weighted by Gasteiger charge is 2.23. The number of cyclic esters (lactones) is 1. The van der Waals surface area contributed by atoms with Crippen molar-refractivity contribution in [3.8, 4) is 11.8 Å². The highest BCUT2D eigenvalue weighted by atomic mass is 19.1. The highest BCUT2D eigenvalue weighted by Crippen LogP contribution is 2.25. The number of nitriles is 1. The summed E-state index contributed by atoms with van der Waals surface area (Å²) in [5.41, 5.74) is 1.81. The molecule has 2 aromatic carbocycles. The van der Waals surface area contributed by atoms with Crippen molar-refractivity contribution in [3.05, 3.63) is 58.9 Å². The van der Waals surface area contributed by atoms with Crippen LogP contribution in [0.2, 0.25) is 0 Å². The van der Waals surface area contributed by atoms with E-state index in [-0.39, 0.29) is 23.9 Å². The summed E-state index contributed by atoms with van der Waals surface area (Å²) in [6.45, 7) is 0.293. The van der Waals surface area contributed by atoms with Gasteiger partial charge in [-0.15, -0.1) is 0 Å². The van der Waals surface area contributed by atoms with Gasteiger partial charge in [-0.25, -0.2) is 9.18 Å². The van der Waals surface area contributed by atoms with Crippen LogP contribution in [-0.4, -0.2) is 31.8 Å². The van der Waals surface area contributed by atoms with Crippen LogP contribution in [-0.2, 0) is 22.4 Å². The Labute approximate surface area is 161 Å². The smallest absolute Gasteiger partial charge is 0.407 e. The fourth-order valence-corrected chi connectivity index (χ4v) is 2.94. The monoisotopic (exact) mass is 383 g/mol. The van der Waals surface area contributed by atoms with Gasteiger partial charge in [0.2, 0.25) is 5.91 Å². The van der Waals surface area contributed by atoms with E-state index in [1.54, 1.807) is 30.3 Å². The maximum absolute atomic E-state index is 13.7. The number of carbonyl (C=O) groups is 2. The molecule has 1 aliphatic heterocycles. The van der Waals surface area contributed by atoms with Crippen molar-refractivity contribution in [1.82, 2.24) is 5.32 Å². The first-order chi connectivity index (χ1) is 13.5. The zero-order valence-corrected chi connectivity index (χ0v) is 15.1. The maximum Gasteiger partial charge on any atom is 0.407 e. The summed E-state index contributed by atoms with van der Waals surface area (Å²) in [4.78, 5) is 23.4. The molecule has 0 aliphatic carbocycles. The van der Waals surface area contributed by atoms with Crippen LogP contribution in [0.25, 0.3) is 0 Å². The Morgan fingerprint density at radius 2 is 2.21 bits per heavy atom. The Morgan fingerprint density at radius 3 is 2.86 bits per heavy atom. The molecule has 1 saturated heterocycles. The Morgan fingerprint density at radius 1 is 1.39 bits per heavy atom. The fraction of sp³-hybridized carbons (Fsp3) is 0.250. The van der Waals surface area contributed by atoms with Crippen molar-refractivity contribution >= 4 is 17.7 Å². The van der Waals surface area contributed by atoms with Gasteiger partial charge in [0.1, 0.15) is 24.2 Å². The molecule has 144 valence electrons. The molecule has 0 unspecified atom stereocenters. The number of anilines is 1. The molecule has 0 radical (unpaired) electrons. The van der Waals surface area contributed by atoms with E-state index in [1.165, 1.54) is 19.2 Å². The number of hydrogen-bond donors (Lipinski definition) is 2. The van der Waals surface area contributed by atoms with E-state index in [2.05, 4.69) is 10.6 Å². The number of nitrogens with zero attached hydrogens (tertiary/aromatic N) is 1. The van der Waals surface area contributed by atoms with E-state index in [4.69, 9.17) is 14.7 Å². The molecule has 3 rings (SSSR count). The Hall–Kier alpha value is -3.60. The molecule has 1 atom stereocenters. The normalized spacial score (nSPS) is 15.3. The lowest BCUT2D eigenvalue weighted by atomic mass is 10.0. The Kier molecular flexibility index (Phi) is 5.75. The lowest BCUT2D eigenvalue weighted by molar-refractivity contribution is -0.115. The minimum absolute atomic E-state index is 0.0296. The van der Waals surface area contributed by atoms with Crippen LogP contribution in [0.3, 0.4) is 0 Å². The molecule has 0 saturated carbocycles. The van der Waals surface area contributed by atoms with Gasteiger partial charge >= 0.3 is 6.09 Å². The van der Waals surface area contributed by atoms with Crippen LogP contribution >= 0.6 is 0 Å². The van der Waals surface area contributed by atoms with E-state index in [9.17, 15) is 14.0 Å². The van der Waals surface area contributed by atoms with Gasteiger partial charge in [0.15, 0.2) is 0 Å². The topological polar surface area (TPSA) is 100 Å². The molecular weight excluding hydrogens is 365 g/mol. The van der Waals surface area contributed by atoms with Gasteiger partial charge in [-0.1, -0.05) is 12.1 Å². The first kappa shape index (κ1) is 19.2. The lowest BCUT2D eigenvalue weighted by Gasteiger charge is -2.14. The van der Waals surface area contributed by atoms with Gasteiger partial charge in [-0.3, -0.25) is 4.79 Å². The van der Waals surface area contributed by atoms with Crippen molar-refractivity contribution in [2.24, 2.45) is 0 Å². The standard InChI is InChI=1S/C20H18FN3O4/c1-27-18-9-15(5-4-13(18)8-16-11-28-20(26)24-16)23-19(25)7-12-2-3-14(10-22)17(21)6-12/h2-6,9,16H,7-8,11H2,1H3,(H,23,25)(H,24,26)/t16-/m0/s1. The summed E-state index contributed by atoms with van der Waals surface area (Å²) in [5, 5.41) is 14.2. The Bertz CT molecular complexity index is 955. The molecule has 0 aromatic heterocycles. The number of alkyl carbamates (subject to hydrolysis) is 1. The predicted molar refractivity (Wildman–Crippen MR) is 98.4 cm³/mol. The third-order valence-electron chi connectivity index (χ3n) is 4.29. The SMILES string of the molecule is COc1cc(NC(=O)Cc2ccc(C#N)c(F)c2)ccc1C[C@H]1COC(=O)N1. The van der Waals surface area contributed by atoms with Crippen molar-refractivity contribution in [1.29, 1.82) is 5.26 Å². The minimum atomic E-state index is -0.651. The quantitative estimate of drug-likeness (QED) is 0.798. The average Bonchev–Trinajstić information content (AvgIpc) is 3.08. The van der Waals surface area contributed by atoms with Crippen LogP contribution < -0.4 is 15.4 Å². The predicted octanol–water partition coefficient (Wildman–Crippen LogP) is 2.54. The molecular formula is C20H18FN3O4. The van der Waals surface area contributed by atoms with Crippen LogP contribution in [0, 0.1) is 17.1 Å². The second-order valence-corrected chi connectivity index (χ2v) is 6.32. The average molecular weight is 383 g/mol. The molecule has 2 amide bonds. The molecule has 0 bridgehead atoms. The van der Waals surface area contributed by atoms with Gasteiger partial charge in [0, 0.05) is 11.8 Å². The number of hydrogen-bond acceptors (Lipinski definition) is 5. The van der Waals surface area contributed by atoms with E-state index >= 15 is 0 Å². The molecule has 1 aliphatic rings. The van der Waals surface area contributed by atoms with Crippen molar-refractivity contribution < 1.29 is 23.5 Å². The van der Waals surface area contributed by atoms with Gasteiger partial charge in [0.25, 0.3) is 0 Å². The van der Waals surface area contributed by atoms with Crippen LogP contribution in [0.15, 0.2) is 36.4 Å². The van der Waals surface area contributed by atoms with E-state index < -0.39 is 11.9 Å². The van der Waals surface area contributed by atoms with Crippen molar-refractivity contribution in [2.45, 2.75) is 18.9 Å². The number of benzene rings is 2. The van der Waals surface area contributed by atoms with Crippen LogP contribution in [0.5, 0.6) is 5.75 Å². The first-order valence-electron chi connectivity index (χ1n) is 8.57. The molecule has 28 heavy (non-hydrogen) atoms. The zero-order valence-electron chi connectivity index (χ0n) is 15.1. The van der Waals surface area contributed by atoms with Gasteiger partial charge in [-0.05, 0) is 35.7 Å². The summed E-state index contributed by atoms with van der Waals surface area (Å²) in [6.07, 6.45) is 0.0679. The largest absolute Gasteiger partial charge is 0.496 e. The molecule has 8 heteroatoms. The summed E-state index contributed by atoms with van der Waals surface area (Å²) in [7, 11) is 1.52. The fourth-order valence-electron chi connectivity index (χ4n) is 2.94. The van der Waals surface area contributed by atoms with Gasteiger partial charge in [0.05, 0.1) is 25.1 Å². The van der Waals surface area contributed by atoms with Gasteiger partial charge < -0.3 is 20.1 Å². The Balaban J connectivity index is 1.65. The van der Waals surface area contributed by atoms with Crippen LogP contribution in [0.4, 0.5) is 14.9 Å². The number of amides is 2. The second-order valence-electron chi connectivity index (χ2n) is 6.32. The molecule has 2 aromatic rings. The number of ether oxygens (including phenoxy) is 2. The van der Waals surface area contributed by atoms with Crippen LogP contribution in [0.1, 0.15) is 16.7 Å². The minimum Gasteiger partial charge on any atom is -0.496 e.